The van der Waals surface area contributed by atoms with Crippen LogP contribution in [0.15, 0.2) is 71.5 Å². The fraction of sp³-hybridized carbons (Fsp3) is 0.333. The van der Waals surface area contributed by atoms with Gasteiger partial charge in [-0.05, 0) is 44.2 Å². The Morgan fingerprint density at radius 2 is 2.14 bits per heavy atom. The molecule has 1 amide bonds. The number of anilines is 1. The molecule has 1 aliphatic heterocycles. The molecule has 3 aromatic rings. The van der Waals surface area contributed by atoms with Crippen LogP contribution in [0.2, 0.25) is 0 Å². The van der Waals surface area contributed by atoms with Crippen LogP contribution in [-0.2, 0) is 17.8 Å². The number of aromatic nitrogens is 3. The molecule has 2 N–H and O–H groups in total. The fourth-order valence-corrected chi connectivity index (χ4v) is 5.59. The van der Waals surface area contributed by atoms with Crippen molar-refractivity contribution in [3.63, 3.8) is 0 Å². The molecule has 1 aliphatic carbocycles. The van der Waals surface area contributed by atoms with Crippen molar-refractivity contribution in [1.29, 1.82) is 0 Å². The van der Waals surface area contributed by atoms with E-state index in [0.717, 1.165) is 40.6 Å². The molecule has 180 valence electrons. The maximum atomic E-state index is 13.2. The van der Waals surface area contributed by atoms with Crippen LogP contribution in [0, 0.1) is 0 Å². The first-order valence-electron chi connectivity index (χ1n) is 12.1. The van der Waals surface area contributed by atoms with Crippen molar-refractivity contribution in [2.75, 3.05) is 11.9 Å². The Kier molecular flexibility index (Phi) is 7.18. The summed E-state index contributed by atoms with van der Waals surface area (Å²) in [7, 11) is 0. The third-order valence-electron chi connectivity index (χ3n) is 6.44. The van der Waals surface area contributed by atoms with E-state index in [-0.39, 0.29) is 11.5 Å². The molecule has 0 saturated heterocycles. The average molecular weight is 488 g/mol. The first-order chi connectivity index (χ1) is 17.2. The number of thiophene rings is 1. The lowest BCUT2D eigenvalue weighted by Crippen LogP contribution is -2.36. The van der Waals surface area contributed by atoms with Crippen LogP contribution < -0.4 is 16.2 Å². The van der Waals surface area contributed by atoms with Crippen LogP contribution in [0.4, 0.5) is 5.69 Å². The first-order valence-corrected chi connectivity index (χ1v) is 13.0. The van der Waals surface area contributed by atoms with E-state index in [9.17, 15) is 9.59 Å². The Labute approximate surface area is 208 Å². The molecule has 5 rings (SSSR count). The number of carbonyl (C=O) groups is 1. The van der Waals surface area contributed by atoms with E-state index in [1.54, 1.807) is 28.3 Å². The predicted molar refractivity (Wildman–Crippen MR) is 141 cm³/mol. The van der Waals surface area contributed by atoms with E-state index in [1.165, 1.54) is 5.57 Å². The smallest absolute Gasteiger partial charge is 0.277 e. The average Bonchev–Trinajstić information content (AvgIpc) is 3.47. The highest BCUT2D eigenvalue weighted by atomic mass is 32.1. The predicted octanol–water partition coefficient (Wildman–Crippen LogP) is 4.68. The molecule has 8 heteroatoms. The molecule has 0 fully saturated rings. The molecule has 0 bridgehead atoms. The lowest BCUT2D eigenvalue weighted by atomic mass is 10.0. The Hall–Kier alpha value is -3.52. The Bertz CT molecular complexity index is 1330. The second-order valence-electron chi connectivity index (χ2n) is 8.87. The summed E-state index contributed by atoms with van der Waals surface area (Å²) < 4.78 is 2.71. The van der Waals surface area contributed by atoms with E-state index in [4.69, 9.17) is 0 Å². The number of carbonyl (C=O) groups excluding carboxylic acids is 1. The molecular formula is C27H29N5O2S. The van der Waals surface area contributed by atoms with E-state index in [0.29, 0.717) is 37.4 Å². The maximum Gasteiger partial charge on any atom is 0.277 e. The van der Waals surface area contributed by atoms with Gasteiger partial charge in [0.1, 0.15) is 17.6 Å². The van der Waals surface area contributed by atoms with Gasteiger partial charge in [0, 0.05) is 40.3 Å². The highest BCUT2D eigenvalue weighted by Crippen LogP contribution is 2.26. The molecule has 1 atom stereocenters. The lowest BCUT2D eigenvalue weighted by molar-refractivity contribution is -0.124. The summed E-state index contributed by atoms with van der Waals surface area (Å²) in [5.74, 6) is 0.534. The quantitative estimate of drug-likeness (QED) is 0.451. The van der Waals surface area contributed by atoms with Crippen molar-refractivity contribution in [2.45, 2.75) is 51.1 Å². The zero-order valence-corrected chi connectivity index (χ0v) is 20.4. The van der Waals surface area contributed by atoms with Crippen LogP contribution in [0.3, 0.4) is 0 Å². The molecule has 0 unspecified atom stereocenters. The monoisotopic (exact) mass is 487 g/mol. The number of aryl methyl sites for hydroxylation is 1. The van der Waals surface area contributed by atoms with Crippen molar-refractivity contribution in [2.24, 2.45) is 0 Å². The van der Waals surface area contributed by atoms with Crippen molar-refractivity contribution in [3.05, 3.63) is 87.7 Å². The summed E-state index contributed by atoms with van der Waals surface area (Å²) in [6.45, 7) is 1.12. The van der Waals surface area contributed by atoms with E-state index in [2.05, 4.69) is 51.0 Å². The van der Waals surface area contributed by atoms with Gasteiger partial charge in [-0.15, -0.1) is 11.3 Å². The minimum Gasteiger partial charge on any atom is -0.379 e. The number of rotatable bonds is 8. The van der Waals surface area contributed by atoms with Crippen molar-refractivity contribution >= 4 is 33.0 Å². The van der Waals surface area contributed by atoms with Gasteiger partial charge in [0.25, 0.3) is 5.56 Å². The summed E-state index contributed by atoms with van der Waals surface area (Å²) in [6.07, 6.45) is 21.1. The van der Waals surface area contributed by atoms with Crippen molar-refractivity contribution < 1.29 is 4.79 Å². The Morgan fingerprint density at radius 1 is 1.20 bits per heavy atom. The van der Waals surface area contributed by atoms with Gasteiger partial charge >= 0.3 is 0 Å². The number of hydrogen-bond acceptors (Lipinski definition) is 6. The molecule has 0 radical (unpaired) electrons. The molecule has 2 aliphatic rings. The highest BCUT2D eigenvalue weighted by Gasteiger charge is 2.31. The fourth-order valence-electron chi connectivity index (χ4n) is 4.62. The van der Waals surface area contributed by atoms with Gasteiger partial charge < -0.3 is 10.6 Å². The number of hydrogen-bond donors (Lipinski definition) is 2. The molecule has 0 aromatic carbocycles. The maximum absolute atomic E-state index is 13.2. The lowest BCUT2D eigenvalue weighted by Gasteiger charge is -2.15. The number of amides is 1. The van der Waals surface area contributed by atoms with Crippen LogP contribution in [-0.4, -0.2) is 27.0 Å². The zero-order chi connectivity index (χ0) is 24.0. The van der Waals surface area contributed by atoms with Gasteiger partial charge in [0.05, 0.1) is 12.7 Å². The molecule has 35 heavy (non-hydrogen) atoms. The number of pyridine rings is 1. The van der Waals surface area contributed by atoms with Gasteiger partial charge in [0.15, 0.2) is 0 Å². The second-order valence-corrected chi connectivity index (χ2v) is 10.0. The largest absolute Gasteiger partial charge is 0.379 e. The van der Waals surface area contributed by atoms with Crippen molar-refractivity contribution in [3.8, 4) is 0 Å². The number of nitrogens with one attached hydrogen (secondary N) is 2. The Morgan fingerprint density at radius 3 is 3.06 bits per heavy atom. The normalized spacial score (nSPS) is 20.3. The molecule has 0 saturated carbocycles. The molecule has 3 aromatic heterocycles. The minimum atomic E-state index is -0.525. The number of nitrogens with zero attached hydrogens (tertiary/aromatic N) is 3. The van der Waals surface area contributed by atoms with Crippen LogP contribution >= 0.6 is 11.3 Å². The molecular weight excluding hydrogens is 458 g/mol. The van der Waals surface area contributed by atoms with Crippen LogP contribution in [0.1, 0.15) is 48.8 Å². The molecule has 0 spiro atoms. The van der Waals surface area contributed by atoms with E-state index >= 15 is 0 Å². The summed E-state index contributed by atoms with van der Waals surface area (Å²) in [4.78, 5) is 35.9. The summed E-state index contributed by atoms with van der Waals surface area (Å²) in [6, 6.07) is 3.50. The van der Waals surface area contributed by atoms with Gasteiger partial charge in [-0.2, -0.15) is 0 Å². The minimum absolute atomic E-state index is 0.140. The van der Waals surface area contributed by atoms with Crippen LogP contribution in [0.5, 0.6) is 0 Å². The summed E-state index contributed by atoms with van der Waals surface area (Å²) in [5.41, 5.74) is 1.71. The van der Waals surface area contributed by atoms with E-state index in [1.807, 2.05) is 18.3 Å². The third kappa shape index (κ3) is 5.43. The summed E-state index contributed by atoms with van der Waals surface area (Å²) in [5, 5.41) is 7.34. The first kappa shape index (κ1) is 23.2. The highest BCUT2D eigenvalue weighted by molar-refractivity contribution is 7.19. The second kappa shape index (κ2) is 10.8. The van der Waals surface area contributed by atoms with Crippen LogP contribution in [0.25, 0.3) is 10.1 Å². The van der Waals surface area contributed by atoms with Gasteiger partial charge in [-0.1, -0.05) is 36.0 Å². The van der Waals surface area contributed by atoms with Gasteiger partial charge in [-0.25, -0.2) is 4.98 Å². The zero-order valence-electron chi connectivity index (χ0n) is 19.6. The van der Waals surface area contributed by atoms with Gasteiger partial charge in [-0.3, -0.25) is 19.1 Å². The molecule has 7 nitrogen and oxygen atoms in total. The summed E-state index contributed by atoms with van der Waals surface area (Å²) >= 11 is 1.64. The SMILES string of the molecule is O=C(NCc1cc2cnccc2s1)[C@@H]1CCc2ncc(NCCC/C3=C/C=C\C=C/CC3)c(=O)n21. The number of allylic oxidation sites excluding steroid dienone is 6. The van der Waals surface area contributed by atoms with E-state index < -0.39 is 6.04 Å². The number of fused-ring (bicyclic) bond motifs is 2. The van der Waals surface area contributed by atoms with Gasteiger partial charge in [0.2, 0.25) is 5.91 Å². The Balaban J connectivity index is 1.19. The molecule has 4 heterocycles. The standard InChI is InChI=1S/C27H29N5O2S/c33-26(31-17-21-15-20-16-28-14-12-24(20)35-21)23-10-11-25-30-18-22(27(34)32(23)25)29-13-6-9-19-7-4-2-1-3-5-8-19/h1-4,7,12,14-16,18,23,29H,5-6,8-11,13,17H2,(H,31,33)/b3-1-,4-2-,19-7+/t23-/m0/s1. The third-order valence-corrected chi connectivity index (χ3v) is 7.56. The topological polar surface area (TPSA) is 88.9 Å². The van der Waals surface area contributed by atoms with Crippen molar-refractivity contribution in [1.82, 2.24) is 19.9 Å².